The van der Waals surface area contributed by atoms with Crippen LogP contribution in [0, 0.1) is 0 Å². The number of carbonyl (C=O) groups is 1. The minimum atomic E-state index is -0.0119. The lowest BCUT2D eigenvalue weighted by molar-refractivity contribution is 0.0920. The van der Waals surface area contributed by atoms with Gasteiger partial charge in [-0.3, -0.25) is 9.69 Å². The fraction of sp³-hybridized carbons (Fsp3) is 0.444. The molecule has 1 fully saturated rings. The Hall–Kier alpha value is -2.34. The van der Waals surface area contributed by atoms with Gasteiger partial charge in [0.1, 0.15) is 11.5 Å². The van der Waals surface area contributed by atoms with Crippen molar-refractivity contribution in [3.05, 3.63) is 48.4 Å². The standard InChI is InChI=1S/C18H25N5O/c1-15(20-18(24)16-6-5-9-21(16)2)14-22-10-12-23(13-11-22)17-7-3-4-8-19-17/h3-9,15H,10-14H2,1-2H3,(H,20,24)/t15-/m1/s1. The summed E-state index contributed by atoms with van der Waals surface area (Å²) in [5.41, 5.74) is 0.696. The van der Waals surface area contributed by atoms with Crippen LogP contribution in [-0.2, 0) is 7.05 Å². The highest BCUT2D eigenvalue weighted by atomic mass is 16.2. The molecule has 6 nitrogen and oxygen atoms in total. The van der Waals surface area contributed by atoms with Crippen molar-refractivity contribution in [1.82, 2.24) is 19.8 Å². The fourth-order valence-corrected chi connectivity index (χ4v) is 3.13. The van der Waals surface area contributed by atoms with E-state index in [4.69, 9.17) is 0 Å². The SMILES string of the molecule is C[C@H](CN1CCN(c2ccccn2)CC1)NC(=O)c1cccn1C. The average Bonchev–Trinajstić information content (AvgIpc) is 3.02. The van der Waals surface area contributed by atoms with Crippen molar-refractivity contribution in [2.24, 2.45) is 7.05 Å². The summed E-state index contributed by atoms with van der Waals surface area (Å²) in [6.45, 7) is 6.84. The second kappa shape index (κ2) is 7.49. The van der Waals surface area contributed by atoms with Crippen molar-refractivity contribution in [3.8, 4) is 0 Å². The van der Waals surface area contributed by atoms with Gasteiger partial charge in [-0.2, -0.15) is 0 Å². The lowest BCUT2D eigenvalue weighted by atomic mass is 10.2. The van der Waals surface area contributed by atoms with Gasteiger partial charge in [-0.15, -0.1) is 0 Å². The molecule has 6 heteroatoms. The van der Waals surface area contributed by atoms with Crippen molar-refractivity contribution in [1.29, 1.82) is 0 Å². The van der Waals surface area contributed by atoms with E-state index in [0.717, 1.165) is 38.5 Å². The Morgan fingerprint density at radius 2 is 2.00 bits per heavy atom. The van der Waals surface area contributed by atoms with E-state index in [9.17, 15) is 4.79 Å². The smallest absolute Gasteiger partial charge is 0.268 e. The molecule has 1 aliphatic rings. The molecule has 3 rings (SSSR count). The average molecular weight is 327 g/mol. The van der Waals surface area contributed by atoms with E-state index in [1.165, 1.54) is 0 Å². The molecule has 2 aromatic heterocycles. The van der Waals surface area contributed by atoms with E-state index in [0.29, 0.717) is 5.69 Å². The van der Waals surface area contributed by atoms with Crippen LogP contribution in [0.3, 0.4) is 0 Å². The van der Waals surface area contributed by atoms with E-state index in [1.54, 1.807) is 0 Å². The Balaban J connectivity index is 1.46. The van der Waals surface area contributed by atoms with Gasteiger partial charge in [0.2, 0.25) is 0 Å². The van der Waals surface area contributed by atoms with E-state index < -0.39 is 0 Å². The van der Waals surface area contributed by atoms with Gasteiger partial charge >= 0.3 is 0 Å². The van der Waals surface area contributed by atoms with Gasteiger partial charge in [0, 0.05) is 58.2 Å². The predicted octanol–water partition coefficient (Wildman–Crippen LogP) is 1.36. The largest absolute Gasteiger partial charge is 0.354 e. The number of rotatable bonds is 5. The van der Waals surface area contributed by atoms with Crippen LogP contribution in [0.5, 0.6) is 0 Å². The van der Waals surface area contributed by atoms with Crippen molar-refractivity contribution in [2.45, 2.75) is 13.0 Å². The van der Waals surface area contributed by atoms with E-state index in [1.807, 2.05) is 48.3 Å². The van der Waals surface area contributed by atoms with Crippen molar-refractivity contribution < 1.29 is 4.79 Å². The highest BCUT2D eigenvalue weighted by molar-refractivity contribution is 5.92. The molecular formula is C18H25N5O. The number of nitrogens with one attached hydrogen (secondary N) is 1. The number of anilines is 1. The van der Waals surface area contributed by atoms with Crippen LogP contribution in [-0.4, -0.2) is 59.1 Å². The maximum atomic E-state index is 12.2. The van der Waals surface area contributed by atoms with Crippen molar-refractivity contribution in [2.75, 3.05) is 37.6 Å². The summed E-state index contributed by atoms with van der Waals surface area (Å²) in [7, 11) is 1.89. The molecule has 24 heavy (non-hydrogen) atoms. The third-order valence-corrected chi connectivity index (χ3v) is 4.43. The third-order valence-electron chi connectivity index (χ3n) is 4.43. The molecule has 128 valence electrons. The lowest BCUT2D eigenvalue weighted by Gasteiger charge is -2.36. The minimum Gasteiger partial charge on any atom is -0.354 e. The molecule has 1 saturated heterocycles. The Labute approximate surface area is 143 Å². The molecule has 2 aromatic rings. The number of aryl methyl sites for hydroxylation is 1. The van der Waals surface area contributed by atoms with Crippen LogP contribution < -0.4 is 10.2 Å². The van der Waals surface area contributed by atoms with E-state index in [2.05, 4.69) is 33.1 Å². The number of piperazine rings is 1. The Bertz CT molecular complexity index is 661. The van der Waals surface area contributed by atoms with Crippen LogP contribution >= 0.6 is 0 Å². The second-order valence-corrected chi connectivity index (χ2v) is 6.35. The lowest BCUT2D eigenvalue weighted by Crippen LogP contribution is -2.51. The number of hydrogen-bond donors (Lipinski definition) is 1. The number of hydrogen-bond acceptors (Lipinski definition) is 4. The van der Waals surface area contributed by atoms with Crippen LogP contribution in [0.2, 0.25) is 0 Å². The maximum absolute atomic E-state index is 12.2. The van der Waals surface area contributed by atoms with Gasteiger partial charge in [0.05, 0.1) is 0 Å². The number of pyridine rings is 1. The summed E-state index contributed by atoms with van der Waals surface area (Å²) < 4.78 is 1.84. The summed E-state index contributed by atoms with van der Waals surface area (Å²) >= 11 is 0. The number of amides is 1. The first-order valence-electron chi connectivity index (χ1n) is 8.44. The fourth-order valence-electron chi connectivity index (χ4n) is 3.13. The monoisotopic (exact) mass is 327 g/mol. The van der Waals surface area contributed by atoms with Crippen molar-refractivity contribution in [3.63, 3.8) is 0 Å². The van der Waals surface area contributed by atoms with Crippen LogP contribution in [0.4, 0.5) is 5.82 Å². The van der Waals surface area contributed by atoms with Gasteiger partial charge in [0.15, 0.2) is 0 Å². The maximum Gasteiger partial charge on any atom is 0.268 e. The zero-order valence-electron chi connectivity index (χ0n) is 14.4. The molecular weight excluding hydrogens is 302 g/mol. The summed E-state index contributed by atoms with van der Waals surface area (Å²) in [4.78, 5) is 21.4. The quantitative estimate of drug-likeness (QED) is 0.901. The minimum absolute atomic E-state index is 0.0119. The van der Waals surface area contributed by atoms with Crippen molar-refractivity contribution >= 4 is 11.7 Å². The summed E-state index contributed by atoms with van der Waals surface area (Å²) in [6, 6.07) is 9.86. The Morgan fingerprint density at radius 1 is 1.21 bits per heavy atom. The first kappa shape index (κ1) is 16.5. The molecule has 0 aliphatic carbocycles. The molecule has 3 heterocycles. The Morgan fingerprint density at radius 3 is 2.62 bits per heavy atom. The normalized spacial score (nSPS) is 16.8. The molecule has 0 aromatic carbocycles. The Kier molecular flexibility index (Phi) is 5.15. The van der Waals surface area contributed by atoms with Crippen LogP contribution in [0.1, 0.15) is 17.4 Å². The van der Waals surface area contributed by atoms with Gasteiger partial charge in [-0.25, -0.2) is 4.98 Å². The van der Waals surface area contributed by atoms with Gasteiger partial charge < -0.3 is 14.8 Å². The highest BCUT2D eigenvalue weighted by Gasteiger charge is 2.20. The van der Waals surface area contributed by atoms with Gasteiger partial charge in [-0.05, 0) is 31.2 Å². The topological polar surface area (TPSA) is 53.4 Å². The number of nitrogens with zero attached hydrogens (tertiary/aromatic N) is 4. The molecule has 0 unspecified atom stereocenters. The molecule has 0 radical (unpaired) electrons. The zero-order valence-corrected chi connectivity index (χ0v) is 14.4. The summed E-state index contributed by atoms with van der Waals surface area (Å²) in [5, 5.41) is 3.09. The van der Waals surface area contributed by atoms with Crippen LogP contribution in [0.25, 0.3) is 0 Å². The summed E-state index contributed by atoms with van der Waals surface area (Å²) in [5.74, 6) is 1.03. The summed E-state index contributed by atoms with van der Waals surface area (Å²) in [6.07, 6.45) is 3.72. The predicted molar refractivity (Wildman–Crippen MR) is 95.2 cm³/mol. The highest BCUT2D eigenvalue weighted by Crippen LogP contribution is 2.12. The molecule has 1 N–H and O–H groups in total. The van der Waals surface area contributed by atoms with Gasteiger partial charge in [-0.1, -0.05) is 6.07 Å². The first-order valence-corrected chi connectivity index (χ1v) is 8.44. The molecule has 1 aliphatic heterocycles. The molecule has 0 bridgehead atoms. The molecule has 1 amide bonds. The molecule has 0 spiro atoms. The second-order valence-electron chi connectivity index (χ2n) is 6.35. The van der Waals surface area contributed by atoms with E-state index >= 15 is 0 Å². The van der Waals surface area contributed by atoms with E-state index in [-0.39, 0.29) is 11.9 Å². The first-order chi connectivity index (χ1) is 11.6. The molecule has 1 atom stereocenters. The van der Waals surface area contributed by atoms with Crippen LogP contribution in [0.15, 0.2) is 42.7 Å². The number of carbonyl (C=O) groups excluding carboxylic acids is 1. The third kappa shape index (κ3) is 3.94. The number of aromatic nitrogens is 2. The zero-order chi connectivity index (χ0) is 16.9. The molecule has 0 saturated carbocycles. The van der Waals surface area contributed by atoms with Gasteiger partial charge in [0.25, 0.3) is 5.91 Å².